The molecule has 0 spiro atoms. The highest BCUT2D eigenvalue weighted by molar-refractivity contribution is 5.53. The monoisotopic (exact) mass is 244 g/mol. The molecule has 1 saturated heterocycles. The Labute approximate surface area is 98.2 Å². The first-order valence-corrected chi connectivity index (χ1v) is 5.64. The summed E-state index contributed by atoms with van der Waals surface area (Å²) in [4.78, 5) is 1.78. The van der Waals surface area contributed by atoms with E-state index in [9.17, 15) is 13.2 Å². The third-order valence-electron chi connectivity index (χ3n) is 3.14. The van der Waals surface area contributed by atoms with Gasteiger partial charge in [0.25, 0.3) is 0 Å². The third kappa shape index (κ3) is 2.84. The molecule has 1 aromatic carbocycles. The van der Waals surface area contributed by atoms with E-state index in [1.54, 1.807) is 29.2 Å². The lowest BCUT2D eigenvalue weighted by atomic mass is 9.97. The van der Waals surface area contributed by atoms with Crippen LogP contribution in [0.3, 0.4) is 0 Å². The van der Waals surface area contributed by atoms with E-state index in [4.69, 9.17) is 5.73 Å². The number of alkyl halides is 3. The maximum Gasteiger partial charge on any atom is 0.393 e. The third-order valence-corrected chi connectivity index (χ3v) is 3.14. The Morgan fingerprint density at radius 1 is 1.18 bits per heavy atom. The van der Waals surface area contributed by atoms with Crippen molar-refractivity contribution in [2.45, 2.75) is 19.0 Å². The molecule has 5 heteroatoms. The molecule has 0 aromatic heterocycles. The van der Waals surface area contributed by atoms with Crippen LogP contribution in [-0.2, 0) is 0 Å². The SMILES string of the molecule is Nc1ccc(N2CCCC(C(F)(F)F)C2)cc1. The first kappa shape index (κ1) is 12.1. The Balaban J connectivity index is 2.09. The molecule has 0 amide bonds. The summed E-state index contributed by atoms with van der Waals surface area (Å²) in [5.41, 5.74) is 6.99. The van der Waals surface area contributed by atoms with Crippen molar-refractivity contribution in [3.63, 3.8) is 0 Å². The molecule has 2 N–H and O–H groups in total. The number of anilines is 2. The van der Waals surface area contributed by atoms with E-state index in [1.165, 1.54) is 0 Å². The van der Waals surface area contributed by atoms with Crippen molar-refractivity contribution < 1.29 is 13.2 Å². The molecule has 1 aromatic rings. The number of nitrogens with zero attached hydrogens (tertiary/aromatic N) is 1. The number of hydrogen-bond acceptors (Lipinski definition) is 2. The van der Waals surface area contributed by atoms with E-state index in [0.29, 0.717) is 18.7 Å². The smallest absolute Gasteiger partial charge is 0.393 e. The predicted octanol–water partition coefficient (Wildman–Crippen LogP) is 3.05. The fourth-order valence-corrected chi connectivity index (χ4v) is 2.16. The van der Waals surface area contributed by atoms with E-state index in [1.807, 2.05) is 0 Å². The summed E-state index contributed by atoms with van der Waals surface area (Å²) < 4.78 is 37.9. The predicted molar refractivity (Wildman–Crippen MR) is 61.8 cm³/mol. The van der Waals surface area contributed by atoms with Crippen molar-refractivity contribution in [2.75, 3.05) is 23.7 Å². The van der Waals surface area contributed by atoms with Crippen molar-refractivity contribution in [1.82, 2.24) is 0 Å². The first-order valence-electron chi connectivity index (χ1n) is 5.64. The normalized spacial score (nSPS) is 21.6. The van der Waals surface area contributed by atoms with Crippen molar-refractivity contribution in [3.05, 3.63) is 24.3 Å². The fraction of sp³-hybridized carbons (Fsp3) is 0.500. The van der Waals surface area contributed by atoms with Gasteiger partial charge >= 0.3 is 6.18 Å². The van der Waals surface area contributed by atoms with Gasteiger partial charge in [0, 0.05) is 24.5 Å². The molecule has 94 valence electrons. The lowest BCUT2D eigenvalue weighted by Crippen LogP contribution is -2.41. The van der Waals surface area contributed by atoms with Crippen LogP contribution in [0.1, 0.15) is 12.8 Å². The molecule has 17 heavy (non-hydrogen) atoms. The van der Waals surface area contributed by atoms with Crippen LogP contribution in [0.15, 0.2) is 24.3 Å². The van der Waals surface area contributed by atoms with Gasteiger partial charge in [-0.1, -0.05) is 0 Å². The van der Waals surface area contributed by atoms with E-state index in [0.717, 1.165) is 5.69 Å². The van der Waals surface area contributed by atoms with Crippen LogP contribution >= 0.6 is 0 Å². The molecule has 1 unspecified atom stereocenters. The summed E-state index contributed by atoms with van der Waals surface area (Å²) in [6, 6.07) is 6.97. The van der Waals surface area contributed by atoms with Crippen LogP contribution < -0.4 is 10.6 Å². The standard InChI is InChI=1S/C12H15F3N2/c13-12(14,15)9-2-1-7-17(8-9)11-5-3-10(16)4-6-11/h3-6,9H,1-2,7-8,16H2. The topological polar surface area (TPSA) is 29.3 Å². The van der Waals surface area contributed by atoms with Gasteiger partial charge in [-0.15, -0.1) is 0 Å². The number of piperidine rings is 1. The maximum absolute atomic E-state index is 12.6. The minimum absolute atomic E-state index is 0.0490. The van der Waals surface area contributed by atoms with Gasteiger partial charge in [-0.05, 0) is 37.1 Å². The fourth-order valence-electron chi connectivity index (χ4n) is 2.16. The van der Waals surface area contributed by atoms with Crippen molar-refractivity contribution in [1.29, 1.82) is 0 Å². The summed E-state index contributed by atoms with van der Waals surface area (Å²) in [6.07, 6.45) is -3.28. The molecule has 1 heterocycles. The number of benzene rings is 1. The van der Waals surface area contributed by atoms with E-state index in [2.05, 4.69) is 0 Å². The largest absolute Gasteiger partial charge is 0.399 e. The van der Waals surface area contributed by atoms with Gasteiger partial charge in [0.1, 0.15) is 0 Å². The molecular weight excluding hydrogens is 229 g/mol. The summed E-state index contributed by atoms with van der Waals surface area (Å²) >= 11 is 0. The number of halogens is 3. The highest BCUT2D eigenvalue weighted by atomic mass is 19.4. The lowest BCUT2D eigenvalue weighted by Gasteiger charge is -2.35. The van der Waals surface area contributed by atoms with Crippen LogP contribution in [0, 0.1) is 5.92 Å². The molecule has 1 atom stereocenters. The molecule has 0 bridgehead atoms. The van der Waals surface area contributed by atoms with Crippen molar-refractivity contribution >= 4 is 11.4 Å². The highest BCUT2D eigenvalue weighted by Crippen LogP contribution is 2.34. The van der Waals surface area contributed by atoms with Gasteiger partial charge in [0.2, 0.25) is 0 Å². The summed E-state index contributed by atoms with van der Waals surface area (Å²) in [6.45, 7) is 0.726. The van der Waals surface area contributed by atoms with Crippen molar-refractivity contribution in [3.8, 4) is 0 Å². The minimum Gasteiger partial charge on any atom is -0.399 e. The zero-order chi connectivity index (χ0) is 12.5. The van der Waals surface area contributed by atoms with Gasteiger partial charge in [-0.3, -0.25) is 0 Å². The lowest BCUT2D eigenvalue weighted by molar-refractivity contribution is -0.175. The maximum atomic E-state index is 12.6. The zero-order valence-corrected chi connectivity index (χ0v) is 9.37. The van der Waals surface area contributed by atoms with Gasteiger partial charge in [-0.25, -0.2) is 0 Å². The molecule has 1 fully saturated rings. The molecule has 2 nitrogen and oxygen atoms in total. The van der Waals surface area contributed by atoms with Crippen LogP contribution in [0.2, 0.25) is 0 Å². The van der Waals surface area contributed by atoms with Gasteiger partial charge in [-0.2, -0.15) is 13.2 Å². The minimum atomic E-state index is -4.09. The van der Waals surface area contributed by atoms with E-state index < -0.39 is 12.1 Å². The Morgan fingerprint density at radius 2 is 1.82 bits per heavy atom. The molecule has 1 aliphatic heterocycles. The quantitative estimate of drug-likeness (QED) is 0.769. The van der Waals surface area contributed by atoms with E-state index >= 15 is 0 Å². The van der Waals surface area contributed by atoms with Gasteiger partial charge in [0.05, 0.1) is 5.92 Å². The van der Waals surface area contributed by atoms with Crippen molar-refractivity contribution in [2.24, 2.45) is 5.92 Å². The van der Waals surface area contributed by atoms with Crippen LogP contribution in [0.4, 0.5) is 24.5 Å². The number of nitrogens with two attached hydrogens (primary N) is 1. The molecule has 0 aliphatic carbocycles. The van der Waals surface area contributed by atoms with Gasteiger partial charge in [0.15, 0.2) is 0 Å². The zero-order valence-electron chi connectivity index (χ0n) is 9.37. The Kier molecular flexibility index (Phi) is 3.17. The Bertz CT molecular complexity index is 372. The number of rotatable bonds is 1. The second-order valence-corrected chi connectivity index (χ2v) is 4.42. The first-order chi connectivity index (χ1) is 7.97. The molecular formula is C12H15F3N2. The Morgan fingerprint density at radius 3 is 2.41 bits per heavy atom. The average molecular weight is 244 g/mol. The van der Waals surface area contributed by atoms with Crippen LogP contribution in [0.25, 0.3) is 0 Å². The number of nitrogen functional groups attached to an aromatic ring is 1. The molecule has 0 saturated carbocycles. The summed E-state index contributed by atoms with van der Waals surface area (Å²) in [7, 11) is 0. The second kappa shape index (κ2) is 4.47. The van der Waals surface area contributed by atoms with Gasteiger partial charge < -0.3 is 10.6 Å². The molecule has 1 aliphatic rings. The second-order valence-electron chi connectivity index (χ2n) is 4.42. The highest BCUT2D eigenvalue weighted by Gasteiger charge is 2.41. The average Bonchev–Trinajstić information content (AvgIpc) is 2.29. The van der Waals surface area contributed by atoms with Crippen LogP contribution in [-0.4, -0.2) is 19.3 Å². The summed E-state index contributed by atoms with van der Waals surface area (Å²) in [5, 5.41) is 0. The molecule has 2 rings (SSSR count). The number of hydrogen-bond donors (Lipinski definition) is 1. The Hall–Kier alpha value is -1.39. The van der Waals surface area contributed by atoms with Crippen LogP contribution in [0.5, 0.6) is 0 Å². The molecule has 0 radical (unpaired) electrons. The summed E-state index contributed by atoms with van der Waals surface area (Å²) in [5.74, 6) is -1.21. The van der Waals surface area contributed by atoms with E-state index in [-0.39, 0.29) is 13.0 Å².